The van der Waals surface area contributed by atoms with Crippen LogP contribution in [-0.2, 0) is 0 Å². The molecule has 0 aliphatic heterocycles. The zero-order valence-corrected chi connectivity index (χ0v) is 10.4. The quantitative estimate of drug-likeness (QED) is 0.815. The molecule has 0 aromatic carbocycles. The molecule has 2 rings (SSSR count). The average molecular weight is 221 g/mol. The summed E-state index contributed by atoms with van der Waals surface area (Å²) in [6, 6.07) is 5.03. The maximum Gasteiger partial charge on any atom is 0.120 e. The number of furan rings is 1. The van der Waals surface area contributed by atoms with E-state index in [0.29, 0.717) is 12.1 Å². The van der Waals surface area contributed by atoms with Gasteiger partial charge in [-0.1, -0.05) is 19.8 Å². The fourth-order valence-electron chi connectivity index (χ4n) is 2.80. The summed E-state index contributed by atoms with van der Waals surface area (Å²) in [4.78, 5) is 0. The van der Waals surface area contributed by atoms with Gasteiger partial charge in [0, 0.05) is 6.04 Å². The lowest BCUT2D eigenvalue weighted by molar-refractivity contribution is 0.311. The highest BCUT2D eigenvalue weighted by molar-refractivity contribution is 5.04. The van der Waals surface area contributed by atoms with Crippen LogP contribution in [0.4, 0.5) is 0 Å². The molecule has 16 heavy (non-hydrogen) atoms. The van der Waals surface area contributed by atoms with Gasteiger partial charge in [0.15, 0.2) is 0 Å². The maximum absolute atomic E-state index is 5.49. The first-order valence-electron chi connectivity index (χ1n) is 6.60. The fraction of sp³-hybridized carbons (Fsp3) is 0.714. The molecule has 2 heteroatoms. The van der Waals surface area contributed by atoms with Crippen molar-refractivity contribution in [1.29, 1.82) is 0 Å². The number of nitrogens with one attached hydrogen (secondary N) is 1. The molecule has 1 fully saturated rings. The van der Waals surface area contributed by atoms with Gasteiger partial charge in [0.25, 0.3) is 0 Å². The minimum absolute atomic E-state index is 0.380. The molecule has 0 amide bonds. The Bertz CT molecular complexity index is 288. The average Bonchev–Trinajstić information content (AvgIpc) is 2.96. The normalized spacial score (nSPS) is 21.1. The Morgan fingerprint density at radius 2 is 2.19 bits per heavy atom. The summed E-state index contributed by atoms with van der Waals surface area (Å²) >= 11 is 0. The van der Waals surface area contributed by atoms with Crippen LogP contribution in [0, 0.1) is 5.92 Å². The highest BCUT2D eigenvalue weighted by Gasteiger charge is 2.24. The molecular weight excluding hydrogens is 198 g/mol. The predicted molar refractivity (Wildman–Crippen MR) is 66.3 cm³/mol. The lowest BCUT2D eigenvalue weighted by Gasteiger charge is -2.25. The molecule has 0 bridgehead atoms. The van der Waals surface area contributed by atoms with Crippen molar-refractivity contribution < 1.29 is 4.42 Å². The Morgan fingerprint density at radius 1 is 1.44 bits per heavy atom. The molecule has 1 aliphatic carbocycles. The van der Waals surface area contributed by atoms with Crippen molar-refractivity contribution in [2.24, 2.45) is 5.92 Å². The van der Waals surface area contributed by atoms with Crippen molar-refractivity contribution in [3.05, 3.63) is 24.2 Å². The molecule has 2 atom stereocenters. The highest BCUT2D eigenvalue weighted by atomic mass is 16.3. The molecule has 0 spiro atoms. The van der Waals surface area contributed by atoms with Crippen LogP contribution in [-0.4, -0.2) is 6.04 Å². The van der Waals surface area contributed by atoms with Crippen molar-refractivity contribution in [1.82, 2.24) is 5.32 Å². The van der Waals surface area contributed by atoms with E-state index in [9.17, 15) is 0 Å². The Morgan fingerprint density at radius 3 is 2.75 bits per heavy atom. The summed E-state index contributed by atoms with van der Waals surface area (Å²) in [6.07, 6.45) is 8.46. The van der Waals surface area contributed by atoms with Gasteiger partial charge in [0.05, 0.1) is 12.3 Å². The van der Waals surface area contributed by atoms with E-state index >= 15 is 0 Å². The third kappa shape index (κ3) is 2.67. The van der Waals surface area contributed by atoms with E-state index < -0.39 is 0 Å². The van der Waals surface area contributed by atoms with Gasteiger partial charge in [-0.25, -0.2) is 0 Å². The molecule has 2 nitrogen and oxygen atoms in total. The fourth-order valence-corrected chi connectivity index (χ4v) is 2.80. The SMILES string of the molecule is CCC(N[C@H](C)C1CCCC1)c1ccco1. The van der Waals surface area contributed by atoms with Gasteiger partial charge in [0.2, 0.25) is 0 Å². The Kier molecular flexibility index (Phi) is 4.05. The monoisotopic (exact) mass is 221 g/mol. The standard InChI is InChI=1S/C14H23NO/c1-3-13(14-9-6-10-16-14)15-11(2)12-7-4-5-8-12/h6,9-13,15H,3-5,7-8H2,1-2H3/t11-,13?/m1/s1. The van der Waals surface area contributed by atoms with Crippen LogP contribution in [0.5, 0.6) is 0 Å². The summed E-state index contributed by atoms with van der Waals surface area (Å²) in [7, 11) is 0. The summed E-state index contributed by atoms with van der Waals surface area (Å²) in [5, 5.41) is 3.72. The zero-order chi connectivity index (χ0) is 11.4. The molecule has 1 aromatic heterocycles. The molecule has 1 aromatic rings. The van der Waals surface area contributed by atoms with Crippen molar-refractivity contribution in [3.8, 4) is 0 Å². The molecule has 1 aliphatic rings. The minimum atomic E-state index is 0.380. The first-order valence-corrected chi connectivity index (χ1v) is 6.60. The molecule has 1 unspecified atom stereocenters. The van der Waals surface area contributed by atoms with Crippen LogP contribution in [0.3, 0.4) is 0 Å². The van der Waals surface area contributed by atoms with Crippen LogP contribution in [0.1, 0.15) is 57.8 Å². The largest absolute Gasteiger partial charge is 0.468 e. The summed E-state index contributed by atoms with van der Waals surface area (Å²) in [5.41, 5.74) is 0. The molecule has 1 heterocycles. The first kappa shape index (κ1) is 11.7. The van der Waals surface area contributed by atoms with Crippen LogP contribution < -0.4 is 5.32 Å². The highest BCUT2D eigenvalue weighted by Crippen LogP contribution is 2.29. The summed E-state index contributed by atoms with van der Waals surface area (Å²) in [5.74, 6) is 1.94. The van der Waals surface area contributed by atoms with Crippen LogP contribution in [0.15, 0.2) is 22.8 Å². The summed E-state index contributed by atoms with van der Waals surface area (Å²) < 4.78 is 5.49. The van der Waals surface area contributed by atoms with E-state index in [-0.39, 0.29) is 0 Å². The van der Waals surface area contributed by atoms with Crippen LogP contribution >= 0.6 is 0 Å². The van der Waals surface area contributed by atoms with Crippen LogP contribution in [0.2, 0.25) is 0 Å². The molecule has 1 saturated carbocycles. The Labute approximate surface area is 98.4 Å². The third-order valence-electron chi connectivity index (χ3n) is 3.87. The maximum atomic E-state index is 5.49. The smallest absolute Gasteiger partial charge is 0.120 e. The van der Waals surface area contributed by atoms with Crippen molar-refractivity contribution >= 4 is 0 Å². The summed E-state index contributed by atoms with van der Waals surface area (Å²) in [6.45, 7) is 4.53. The first-order chi connectivity index (χ1) is 7.81. The zero-order valence-electron chi connectivity index (χ0n) is 10.4. The van der Waals surface area contributed by atoms with E-state index in [2.05, 4.69) is 25.2 Å². The van der Waals surface area contributed by atoms with Crippen molar-refractivity contribution in [2.45, 2.75) is 58.0 Å². The van der Waals surface area contributed by atoms with Gasteiger partial charge in [-0.05, 0) is 44.2 Å². The van der Waals surface area contributed by atoms with Crippen LogP contribution in [0.25, 0.3) is 0 Å². The van der Waals surface area contributed by atoms with E-state index in [1.165, 1.54) is 25.7 Å². The minimum Gasteiger partial charge on any atom is -0.468 e. The Balaban J connectivity index is 1.91. The molecule has 0 radical (unpaired) electrons. The Hall–Kier alpha value is -0.760. The second-order valence-electron chi connectivity index (χ2n) is 4.98. The van der Waals surface area contributed by atoms with Gasteiger partial charge in [-0.2, -0.15) is 0 Å². The second-order valence-corrected chi connectivity index (χ2v) is 4.98. The lowest BCUT2D eigenvalue weighted by atomic mass is 9.98. The molecular formula is C14H23NO. The lowest BCUT2D eigenvalue weighted by Crippen LogP contribution is -2.35. The van der Waals surface area contributed by atoms with Gasteiger partial charge >= 0.3 is 0 Å². The topological polar surface area (TPSA) is 25.2 Å². The van der Waals surface area contributed by atoms with E-state index in [0.717, 1.165) is 18.1 Å². The number of rotatable bonds is 5. The van der Waals surface area contributed by atoms with Crippen molar-refractivity contribution in [2.75, 3.05) is 0 Å². The van der Waals surface area contributed by atoms with Gasteiger partial charge in [0.1, 0.15) is 5.76 Å². The predicted octanol–water partition coefficient (Wildman–Crippen LogP) is 3.90. The number of hydrogen-bond donors (Lipinski definition) is 1. The van der Waals surface area contributed by atoms with Crippen molar-refractivity contribution in [3.63, 3.8) is 0 Å². The van der Waals surface area contributed by atoms with E-state index in [1.807, 2.05) is 6.07 Å². The molecule has 90 valence electrons. The molecule has 0 saturated heterocycles. The van der Waals surface area contributed by atoms with Gasteiger partial charge in [-0.3, -0.25) is 0 Å². The third-order valence-corrected chi connectivity index (χ3v) is 3.87. The van der Waals surface area contributed by atoms with Gasteiger partial charge in [-0.15, -0.1) is 0 Å². The number of hydrogen-bond acceptors (Lipinski definition) is 2. The second kappa shape index (κ2) is 5.53. The molecule has 1 N–H and O–H groups in total. The van der Waals surface area contributed by atoms with E-state index in [1.54, 1.807) is 6.26 Å². The van der Waals surface area contributed by atoms with E-state index in [4.69, 9.17) is 4.42 Å². The van der Waals surface area contributed by atoms with Gasteiger partial charge < -0.3 is 9.73 Å².